The van der Waals surface area contributed by atoms with Crippen LogP contribution in [0.2, 0.25) is 0 Å². The van der Waals surface area contributed by atoms with Gasteiger partial charge in [-0.2, -0.15) is 0 Å². The Bertz CT molecular complexity index is 1330. The Balaban J connectivity index is 1.26. The van der Waals surface area contributed by atoms with Crippen molar-refractivity contribution in [2.45, 2.75) is 25.8 Å². The number of anilines is 1. The first-order valence-electron chi connectivity index (χ1n) is 10.8. The van der Waals surface area contributed by atoms with Crippen LogP contribution in [0, 0.1) is 12.7 Å². The first-order valence-corrected chi connectivity index (χ1v) is 11.6. The molecule has 0 saturated carbocycles. The summed E-state index contributed by atoms with van der Waals surface area (Å²) in [6, 6.07) is 19.3. The summed E-state index contributed by atoms with van der Waals surface area (Å²) in [6.45, 7) is 2.59. The fraction of sp³-hybridized carbons (Fsp3) is 0.192. The number of thiazole rings is 1. The summed E-state index contributed by atoms with van der Waals surface area (Å²) in [5.41, 5.74) is 4.64. The fourth-order valence-corrected chi connectivity index (χ4v) is 5.08. The minimum atomic E-state index is -0.551. The predicted molar refractivity (Wildman–Crippen MR) is 129 cm³/mol. The fourth-order valence-electron chi connectivity index (χ4n) is 4.01. The maximum atomic E-state index is 13.0. The molecule has 1 unspecified atom stereocenters. The molecule has 0 bridgehead atoms. The van der Waals surface area contributed by atoms with Crippen LogP contribution in [0.4, 0.5) is 10.1 Å². The van der Waals surface area contributed by atoms with E-state index in [1.165, 1.54) is 22.6 Å². The molecule has 1 N–H and O–H groups in total. The molecule has 2 heterocycles. The summed E-state index contributed by atoms with van der Waals surface area (Å²) in [4.78, 5) is 31.4. The van der Waals surface area contributed by atoms with Crippen molar-refractivity contribution in [3.05, 3.63) is 83.7 Å². The molecule has 1 fully saturated rings. The van der Waals surface area contributed by atoms with Gasteiger partial charge >= 0.3 is 0 Å². The van der Waals surface area contributed by atoms with E-state index >= 15 is 0 Å². The number of hydrogen-bond acceptors (Lipinski definition) is 5. The molecule has 2 amide bonds. The van der Waals surface area contributed by atoms with Crippen molar-refractivity contribution < 1.29 is 14.0 Å². The van der Waals surface area contributed by atoms with Crippen LogP contribution in [0.5, 0.6) is 0 Å². The number of nitrogens with one attached hydrogen (secondary N) is 1. The molecule has 5 rings (SSSR count). The second kappa shape index (κ2) is 8.84. The second-order valence-corrected chi connectivity index (χ2v) is 9.22. The van der Waals surface area contributed by atoms with E-state index in [0.717, 1.165) is 26.4 Å². The maximum Gasteiger partial charge on any atom is 0.251 e. The van der Waals surface area contributed by atoms with Gasteiger partial charge in [0.25, 0.3) is 5.91 Å². The van der Waals surface area contributed by atoms with Crippen molar-refractivity contribution in [3.63, 3.8) is 0 Å². The monoisotopic (exact) mass is 459 g/mol. The lowest BCUT2D eigenvalue weighted by atomic mass is 10.1. The number of fused-ring (bicyclic) bond motifs is 1. The Hall–Kier alpha value is -3.42. The van der Waals surface area contributed by atoms with Gasteiger partial charge in [-0.1, -0.05) is 18.2 Å². The van der Waals surface area contributed by atoms with Crippen LogP contribution in [0.25, 0.3) is 20.8 Å². The summed E-state index contributed by atoms with van der Waals surface area (Å²) < 4.78 is 14.2. The number of nitrogens with zero attached hydrogens (tertiary/aromatic N) is 2. The predicted octanol–water partition coefficient (Wildman–Crippen LogP) is 4.88. The Kier molecular flexibility index (Phi) is 5.74. The average Bonchev–Trinajstić information content (AvgIpc) is 3.35. The third-order valence-electron chi connectivity index (χ3n) is 5.78. The number of hydrogen-bond donors (Lipinski definition) is 1. The number of halogens is 1. The van der Waals surface area contributed by atoms with Gasteiger partial charge in [0.1, 0.15) is 10.8 Å². The summed E-state index contributed by atoms with van der Waals surface area (Å²) >= 11 is 1.62. The highest BCUT2D eigenvalue weighted by Gasteiger charge is 2.39. The lowest BCUT2D eigenvalue weighted by Gasteiger charge is -2.16. The van der Waals surface area contributed by atoms with Crippen molar-refractivity contribution in [3.8, 4) is 10.6 Å². The molecule has 0 aliphatic carbocycles. The van der Waals surface area contributed by atoms with Gasteiger partial charge in [-0.15, -0.1) is 11.3 Å². The first-order chi connectivity index (χ1) is 16.0. The number of aryl methyl sites for hydroxylation is 1. The van der Waals surface area contributed by atoms with Crippen LogP contribution >= 0.6 is 11.3 Å². The van der Waals surface area contributed by atoms with Gasteiger partial charge in [-0.3, -0.25) is 9.59 Å². The minimum absolute atomic E-state index is 0.126. The molecule has 5 nitrogen and oxygen atoms in total. The second-order valence-electron chi connectivity index (χ2n) is 8.19. The van der Waals surface area contributed by atoms with Gasteiger partial charge in [0.2, 0.25) is 5.91 Å². The molecule has 0 radical (unpaired) electrons. The van der Waals surface area contributed by atoms with Crippen molar-refractivity contribution in [2.75, 3.05) is 11.4 Å². The SMILES string of the molecule is Cc1ccc2nc(-c3ccc(N4C(=O)CC(NCCc5ccc(F)cc5)C4=O)cc3)sc2c1. The van der Waals surface area contributed by atoms with E-state index in [1.54, 1.807) is 35.6 Å². The van der Waals surface area contributed by atoms with Crippen molar-refractivity contribution in [1.82, 2.24) is 10.3 Å². The summed E-state index contributed by atoms with van der Waals surface area (Å²) in [7, 11) is 0. The summed E-state index contributed by atoms with van der Waals surface area (Å²) in [5, 5.41) is 4.07. The number of amides is 2. The number of carbonyl (C=O) groups excluding carboxylic acids is 2. The molecule has 1 aromatic heterocycles. The van der Waals surface area contributed by atoms with Crippen LogP contribution in [0.3, 0.4) is 0 Å². The minimum Gasteiger partial charge on any atom is -0.305 e. The molecule has 1 atom stereocenters. The number of carbonyl (C=O) groups is 2. The molecule has 3 aromatic carbocycles. The Labute approximate surface area is 194 Å². The van der Waals surface area contributed by atoms with E-state index in [-0.39, 0.29) is 24.1 Å². The van der Waals surface area contributed by atoms with E-state index in [4.69, 9.17) is 4.98 Å². The van der Waals surface area contributed by atoms with Crippen molar-refractivity contribution in [2.24, 2.45) is 0 Å². The van der Waals surface area contributed by atoms with E-state index < -0.39 is 6.04 Å². The highest BCUT2D eigenvalue weighted by atomic mass is 32.1. The lowest BCUT2D eigenvalue weighted by molar-refractivity contribution is -0.121. The molecule has 1 saturated heterocycles. The third-order valence-corrected chi connectivity index (χ3v) is 6.85. The van der Waals surface area contributed by atoms with Crippen LogP contribution in [-0.2, 0) is 16.0 Å². The molecular weight excluding hydrogens is 437 g/mol. The van der Waals surface area contributed by atoms with Gasteiger partial charge in [0.05, 0.1) is 28.4 Å². The number of imide groups is 1. The van der Waals surface area contributed by atoms with Crippen molar-refractivity contribution in [1.29, 1.82) is 0 Å². The summed E-state index contributed by atoms with van der Waals surface area (Å²) in [6.07, 6.45) is 0.774. The van der Waals surface area contributed by atoms with Gasteiger partial charge in [0.15, 0.2) is 0 Å². The van der Waals surface area contributed by atoms with Crippen LogP contribution < -0.4 is 10.2 Å². The molecular formula is C26H22FN3O2S. The smallest absolute Gasteiger partial charge is 0.251 e. The number of aromatic nitrogens is 1. The Morgan fingerprint density at radius 1 is 1.06 bits per heavy atom. The van der Waals surface area contributed by atoms with Crippen LogP contribution in [0.15, 0.2) is 66.7 Å². The normalized spacial score (nSPS) is 16.2. The molecule has 1 aliphatic rings. The Morgan fingerprint density at radius 3 is 2.58 bits per heavy atom. The molecule has 33 heavy (non-hydrogen) atoms. The average molecular weight is 460 g/mol. The molecule has 7 heteroatoms. The van der Waals surface area contributed by atoms with E-state index in [2.05, 4.69) is 18.3 Å². The number of benzene rings is 3. The molecule has 166 valence electrons. The largest absolute Gasteiger partial charge is 0.305 e. The first kappa shape index (κ1) is 21.4. The lowest BCUT2D eigenvalue weighted by Crippen LogP contribution is -2.39. The van der Waals surface area contributed by atoms with E-state index in [0.29, 0.717) is 18.7 Å². The van der Waals surface area contributed by atoms with Gasteiger partial charge < -0.3 is 5.32 Å². The Morgan fingerprint density at radius 2 is 1.82 bits per heavy atom. The van der Waals surface area contributed by atoms with E-state index in [9.17, 15) is 14.0 Å². The molecule has 0 spiro atoms. The highest BCUT2D eigenvalue weighted by molar-refractivity contribution is 7.21. The maximum absolute atomic E-state index is 13.0. The van der Waals surface area contributed by atoms with Crippen LogP contribution in [0.1, 0.15) is 17.5 Å². The molecule has 1 aliphatic heterocycles. The zero-order valence-corrected chi connectivity index (χ0v) is 18.9. The van der Waals surface area contributed by atoms with Crippen LogP contribution in [-0.4, -0.2) is 29.4 Å². The standard InChI is InChI=1S/C26H22FN3O2S/c1-16-2-11-21-23(14-16)33-25(29-21)18-5-9-20(10-6-18)30-24(31)15-22(26(30)32)28-13-12-17-3-7-19(27)8-4-17/h2-11,14,22,28H,12-13,15H2,1H3. The van der Waals surface area contributed by atoms with Gasteiger partial charge in [-0.25, -0.2) is 14.3 Å². The van der Waals surface area contributed by atoms with Crippen molar-refractivity contribution >= 4 is 39.1 Å². The zero-order valence-electron chi connectivity index (χ0n) is 18.0. The topological polar surface area (TPSA) is 62.3 Å². The molecule has 4 aromatic rings. The quantitative estimate of drug-likeness (QED) is 0.418. The summed E-state index contributed by atoms with van der Waals surface area (Å²) in [5.74, 6) is -0.743. The third kappa shape index (κ3) is 4.42. The zero-order chi connectivity index (χ0) is 22.9. The van der Waals surface area contributed by atoms with Gasteiger partial charge in [0, 0.05) is 5.56 Å². The van der Waals surface area contributed by atoms with E-state index in [1.807, 2.05) is 24.3 Å². The van der Waals surface area contributed by atoms with Gasteiger partial charge in [-0.05, 0) is 79.5 Å². The highest BCUT2D eigenvalue weighted by Crippen LogP contribution is 2.32. The number of rotatable bonds is 6.